The van der Waals surface area contributed by atoms with Gasteiger partial charge in [0.15, 0.2) is 5.76 Å². The molecule has 1 aliphatic heterocycles. The second-order valence-electron chi connectivity index (χ2n) is 6.33. The minimum absolute atomic E-state index is 0.113. The summed E-state index contributed by atoms with van der Waals surface area (Å²) in [7, 11) is 3.97. The summed E-state index contributed by atoms with van der Waals surface area (Å²) < 4.78 is 11.3. The third kappa shape index (κ3) is 3.74. The largest absolute Gasteiger partial charge is 0.489 e. The number of carbonyl (C=O) groups excluding carboxylic acids is 1. The standard InChI is InChI=1S/C21H21NO3/c1-14(2)13-24-17-9-10-18-19(12-17)25-20(21(18)23)11-15-5-7-16(8-6-15)22(3)4/h5-12H,1,13H2,2-4H3/b20-11-. The third-order valence-corrected chi connectivity index (χ3v) is 3.83. The maximum Gasteiger partial charge on any atom is 0.231 e. The molecule has 0 saturated carbocycles. The van der Waals surface area contributed by atoms with Gasteiger partial charge in [-0.25, -0.2) is 0 Å². The van der Waals surface area contributed by atoms with Crippen LogP contribution in [0, 0.1) is 0 Å². The molecular weight excluding hydrogens is 314 g/mol. The summed E-state index contributed by atoms with van der Waals surface area (Å²) in [5, 5.41) is 0. The molecule has 1 aliphatic rings. The van der Waals surface area contributed by atoms with Crippen LogP contribution < -0.4 is 14.4 Å². The van der Waals surface area contributed by atoms with E-state index in [-0.39, 0.29) is 5.78 Å². The molecule has 0 fully saturated rings. The maximum absolute atomic E-state index is 12.5. The lowest BCUT2D eigenvalue weighted by molar-refractivity contribution is 0.101. The zero-order valence-corrected chi connectivity index (χ0v) is 14.7. The van der Waals surface area contributed by atoms with E-state index in [1.165, 1.54) is 0 Å². The van der Waals surface area contributed by atoms with Gasteiger partial charge in [-0.15, -0.1) is 0 Å². The lowest BCUT2D eigenvalue weighted by Gasteiger charge is -2.11. The van der Waals surface area contributed by atoms with Crippen molar-refractivity contribution in [2.45, 2.75) is 6.92 Å². The summed E-state index contributed by atoms with van der Waals surface area (Å²) in [6, 6.07) is 13.2. The predicted octanol–water partition coefficient (Wildman–Crippen LogP) is 4.32. The average molecular weight is 335 g/mol. The van der Waals surface area contributed by atoms with Crippen LogP contribution in [0.4, 0.5) is 5.69 Å². The Balaban J connectivity index is 1.80. The van der Waals surface area contributed by atoms with Gasteiger partial charge in [0.2, 0.25) is 5.78 Å². The Bertz CT molecular complexity index is 848. The molecule has 2 aromatic rings. The van der Waals surface area contributed by atoms with Gasteiger partial charge in [0.1, 0.15) is 18.1 Å². The highest BCUT2D eigenvalue weighted by Gasteiger charge is 2.27. The van der Waals surface area contributed by atoms with Gasteiger partial charge in [0.05, 0.1) is 5.56 Å². The van der Waals surface area contributed by atoms with E-state index in [0.717, 1.165) is 16.8 Å². The van der Waals surface area contributed by atoms with E-state index in [1.54, 1.807) is 24.3 Å². The summed E-state index contributed by atoms with van der Waals surface area (Å²) in [6.07, 6.45) is 1.76. The van der Waals surface area contributed by atoms with Gasteiger partial charge in [-0.2, -0.15) is 0 Å². The van der Waals surface area contributed by atoms with E-state index >= 15 is 0 Å². The Morgan fingerprint density at radius 2 is 1.92 bits per heavy atom. The van der Waals surface area contributed by atoms with E-state index in [1.807, 2.05) is 50.2 Å². The van der Waals surface area contributed by atoms with E-state index in [0.29, 0.717) is 29.4 Å². The maximum atomic E-state index is 12.5. The Labute approximate surface area is 148 Å². The molecule has 0 saturated heterocycles. The van der Waals surface area contributed by atoms with E-state index < -0.39 is 0 Å². The highest BCUT2D eigenvalue weighted by atomic mass is 16.5. The first-order valence-electron chi connectivity index (χ1n) is 8.07. The van der Waals surface area contributed by atoms with Crippen molar-refractivity contribution in [2.24, 2.45) is 0 Å². The highest BCUT2D eigenvalue weighted by molar-refractivity contribution is 6.14. The monoisotopic (exact) mass is 335 g/mol. The van der Waals surface area contributed by atoms with Crippen molar-refractivity contribution in [3.05, 3.63) is 71.5 Å². The topological polar surface area (TPSA) is 38.8 Å². The highest BCUT2D eigenvalue weighted by Crippen LogP contribution is 2.35. The molecule has 0 N–H and O–H groups in total. The number of hydrogen-bond acceptors (Lipinski definition) is 4. The van der Waals surface area contributed by atoms with Crippen LogP contribution in [0.5, 0.6) is 11.5 Å². The number of allylic oxidation sites excluding steroid dienone is 1. The van der Waals surface area contributed by atoms with Crippen LogP contribution in [0.1, 0.15) is 22.8 Å². The molecule has 0 bridgehead atoms. The number of benzene rings is 2. The first-order chi connectivity index (χ1) is 11.9. The van der Waals surface area contributed by atoms with Crippen LogP contribution >= 0.6 is 0 Å². The van der Waals surface area contributed by atoms with Crippen LogP contribution in [0.3, 0.4) is 0 Å². The first kappa shape index (κ1) is 16.8. The molecule has 0 unspecified atom stereocenters. The fraction of sp³-hybridized carbons (Fsp3) is 0.190. The van der Waals surface area contributed by atoms with Gasteiger partial charge < -0.3 is 14.4 Å². The molecule has 1 heterocycles. The zero-order valence-electron chi connectivity index (χ0n) is 14.7. The number of rotatable bonds is 5. The van der Waals surface area contributed by atoms with Crippen molar-refractivity contribution in [2.75, 3.05) is 25.6 Å². The number of hydrogen-bond donors (Lipinski definition) is 0. The average Bonchev–Trinajstić information content (AvgIpc) is 2.89. The predicted molar refractivity (Wildman–Crippen MR) is 100 cm³/mol. The molecular formula is C21H21NO3. The van der Waals surface area contributed by atoms with Crippen LogP contribution in [0.2, 0.25) is 0 Å². The molecule has 128 valence electrons. The molecule has 0 spiro atoms. The van der Waals surface area contributed by atoms with E-state index in [9.17, 15) is 4.79 Å². The zero-order chi connectivity index (χ0) is 18.0. The second kappa shape index (κ2) is 6.85. The summed E-state index contributed by atoms with van der Waals surface area (Å²) in [4.78, 5) is 14.5. The summed E-state index contributed by atoms with van der Waals surface area (Å²) in [5.41, 5.74) is 3.50. The third-order valence-electron chi connectivity index (χ3n) is 3.83. The van der Waals surface area contributed by atoms with Crippen LogP contribution in [-0.4, -0.2) is 26.5 Å². The first-order valence-corrected chi connectivity index (χ1v) is 8.07. The van der Waals surface area contributed by atoms with Crippen molar-refractivity contribution >= 4 is 17.5 Å². The van der Waals surface area contributed by atoms with Crippen molar-refractivity contribution in [1.29, 1.82) is 0 Å². The van der Waals surface area contributed by atoms with Gasteiger partial charge in [0.25, 0.3) is 0 Å². The minimum Gasteiger partial charge on any atom is -0.489 e. The minimum atomic E-state index is -0.113. The Morgan fingerprint density at radius 1 is 1.20 bits per heavy atom. The molecule has 4 heteroatoms. The van der Waals surface area contributed by atoms with Crippen LogP contribution in [0.25, 0.3) is 6.08 Å². The molecule has 0 atom stereocenters. The van der Waals surface area contributed by atoms with Gasteiger partial charge >= 0.3 is 0 Å². The molecule has 25 heavy (non-hydrogen) atoms. The fourth-order valence-electron chi connectivity index (χ4n) is 2.48. The smallest absolute Gasteiger partial charge is 0.231 e. The molecule has 0 amide bonds. The molecule has 3 rings (SSSR count). The van der Waals surface area contributed by atoms with Gasteiger partial charge in [-0.3, -0.25) is 4.79 Å². The number of fused-ring (bicyclic) bond motifs is 1. The molecule has 0 radical (unpaired) electrons. The normalized spacial score (nSPS) is 14.2. The Morgan fingerprint density at radius 3 is 2.56 bits per heavy atom. The summed E-state index contributed by atoms with van der Waals surface area (Å²) in [6.45, 7) is 6.14. The Kier molecular flexibility index (Phi) is 4.61. The molecule has 2 aromatic carbocycles. The van der Waals surface area contributed by atoms with Crippen LogP contribution in [0.15, 0.2) is 60.4 Å². The fourth-order valence-corrected chi connectivity index (χ4v) is 2.48. The van der Waals surface area contributed by atoms with Crippen molar-refractivity contribution in [3.8, 4) is 11.5 Å². The van der Waals surface area contributed by atoms with Gasteiger partial charge in [-0.1, -0.05) is 18.7 Å². The van der Waals surface area contributed by atoms with E-state index in [2.05, 4.69) is 6.58 Å². The number of nitrogens with zero attached hydrogens (tertiary/aromatic N) is 1. The van der Waals surface area contributed by atoms with Crippen molar-refractivity contribution in [1.82, 2.24) is 0 Å². The molecule has 0 aromatic heterocycles. The number of Topliss-reactive ketones (excluding diaryl/α,β-unsaturated/α-hetero) is 1. The van der Waals surface area contributed by atoms with E-state index in [4.69, 9.17) is 9.47 Å². The number of ketones is 1. The molecule has 4 nitrogen and oxygen atoms in total. The molecule has 0 aliphatic carbocycles. The van der Waals surface area contributed by atoms with Gasteiger partial charge in [-0.05, 0) is 48.4 Å². The van der Waals surface area contributed by atoms with Crippen LogP contribution in [-0.2, 0) is 0 Å². The summed E-state index contributed by atoms with van der Waals surface area (Å²) >= 11 is 0. The lowest BCUT2D eigenvalue weighted by atomic mass is 10.1. The number of anilines is 1. The Hall–Kier alpha value is -3.01. The van der Waals surface area contributed by atoms with Crippen molar-refractivity contribution < 1.29 is 14.3 Å². The summed E-state index contributed by atoms with van der Waals surface area (Å²) in [5.74, 6) is 1.40. The number of carbonyl (C=O) groups is 1. The van der Waals surface area contributed by atoms with Gasteiger partial charge in [0, 0.05) is 25.8 Å². The lowest BCUT2D eigenvalue weighted by Crippen LogP contribution is -2.08. The second-order valence-corrected chi connectivity index (χ2v) is 6.33. The quantitative estimate of drug-likeness (QED) is 0.602. The van der Waals surface area contributed by atoms with Crippen molar-refractivity contribution in [3.63, 3.8) is 0 Å². The SMILES string of the molecule is C=C(C)COc1ccc2c(c1)O/C(=C\c1ccc(N(C)C)cc1)C2=O. The number of ether oxygens (including phenoxy) is 2.